The Labute approximate surface area is 173 Å². The third-order valence-corrected chi connectivity index (χ3v) is 4.55. The molecule has 0 aliphatic carbocycles. The van der Waals surface area contributed by atoms with Gasteiger partial charge in [0.2, 0.25) is 0 Å². The third-order valence-electron chi connectivity index (χ3n) is 4.55. The highest BCUT2D eigenvalue weighted by Gasteiger charge is 2.14. The number of nitrogens with one attached hydrogen (secondary N) is 2. The van der Waals surface area contributed by atoms with Gasteiger partial charge in [-0.3, -0.25) is 9.67 Å². The summed E-state index contributed by atoms with van der Waals surface area (Å²) in [6.45, 7) is 2.77. The van der Waals surface area contributed by atoms with E-state index in [0.717, 1.165) is 28.9 Å². The molecule has 0 saturated carbocycles. The Bertz CT molecular complexity index is 1170. The number of anilines is 2. The standard InChI is InChI=1S/C23H20FN5O/c1-2-29-15-21(22(28-29)16-9-11-25-12-10-16)17-5-3-7-19(13-17)26-23(30)27-20-8-4-6-18(24)14-20/h3-15H,2H2,1H3,(H2,26,27,30). The van der Waals surface area contributed by atoms with E-state index in [2.05, 4.69) is 20.7 Å². The SMILES string of the molecule is CCn1cc(-c2cccc(NC(=O)Nc3cccc(F)c3)c2)c(-c2ccncc2)n1. The minimum atomic E-state index is -0.448. The van der Waals surface area contributed by atoms with E-state index in [1.54, 1.807) is 24.5 Å². The Morgan fingerprint density at radius 2 is 1.67 bits per heavy atom. The van der Waals surface area contributed by atoms with Gasteiger partial charge in [0.1, 0.15) is 11.5 Å². The molecule has 0 unspecified atom stereocenters. The Hall–Kier alpha value is -4.00. The summed E-state index contributed by atoms with van der Waals surface area (Å²) in [5.41, 5.74) is 4.69. The van der Waals surface area contributed by atoms with E-state index in [9.17, 15) is 9.18 Å². The predicted molar refractivity (Wildman–Crippen MR) is 116 cm³/mol. The largest absolute Gasteiger partial charge is 0.323 e. The first-order valence-electron chi connectivity index (χ1n) is 9.54. The molecule has 4 rings (SSSR count). The second-order valence-electron chi connectivity index (χ2n) is 6.65. The monoisotopic (exact) mass is 401 g/mol. The zero-order valence-electron chi connectivity index (χ0n) is 16.3. The van der Waals surface area contributed by atoms with Crippen molar-refractivity contribution >= 4 is 17.4 Å². The molecule has 0 radical (unpaired) electrons. The van der Waals surface area contributed by atoms with Crippen LogP contribution in [0.3, 0.4) is 0 Å². The van der Waals surface area contributed by atoms with Crippen molar-refractivity contribution < 1.29 is 9.18 Å². The van der Waals surface area contributed by atoms with Gasteiger partial charge >= 0.3 is 6.03 Å². The van der Waals surface area contributed by atoms with Crippen LogP contribution in [0.2, 0.25) is 0 Å². The van der Waals surface area contributed by atoms with Gasteiger partial charge in [-0.25, -0.2) is 9.18 Å². The number of urea groups is 1. The predicted octanol–water partition coefficient (Wildman–Crippen LogP) is 5.42. The van der Waals surface area contributed by atoms with E-state index < -0.39 is 11.8 Å². The highest BCUT2D eigenvalue weighted by Crippen LogP contribution is 2.32. The number of nitrogens with zero attached hydrogens (tertiary/aromatic N) is 3. The van der Waals surface area contributed by atoms with Crippen LogP contribution in [0.5, 0.6) is 0 Å². The number of carbonyl (C=O) groups excluding carboxylic acids is 1. The Morgan fingerprint density at radius 3 is 2.37 bits per heavy atom. The summed E-state index contributed by atoms with van der Waals surface area (Å²) in [5, 5.41) is 10.1. The molecule has 0 bridgehead atoms. The molecule has 2 aromatic carbocycles. The summed E-state index contributed by atoms with van der Waals surface area (Å²) >= 11 is 0. The molecule has 150 valence electrons. The van der Waals surface area contributed by atoms with Crippen LogP contribution >= 0.6 is 0 Å². The lowest BCUT2D eigenvalue weighted by molar-refractivity contribution is 0.262. The molecular formula is C23H20FN5O. The molecule has 0 spiro atoms. The van der Waals surface area contributed by atoms with Crippen molar-refractivity contribution in [3.8, 4) is 22.4 Å². The summed E-state index contributed by atoms with van der Waals surface area (Å²) < 4.78 is 15.2. The molecule has 30 heavy (non-hydrogen) atoms. The van der Waals surface area contributed by atoms with Crippen LogP contribution in [0.1, 0.15) is 6.92 Å². The van der Waals surface area contributed by atoms with Gasteiger partial charge in [0.15, 0.2) is 0 Å². The number of aromatic nitrogens is 3. The van der Waals surface area contributed by atoms with E-state index >= 15 is 0 Å². The normalized spacial score (nSPS) is 10.6. The highest BCUT2D eigenvalue weighted by molar-refractivity contribution is 6.00. The van der Waals surface area contributed by atoms with Gasteiger partial charge in [-0.15, -0.1) is 0 Å². The van der Waals surface area contributed by atoms with Crippen LogP contribution in [0, 0.1) is 5.82 Å². The molecule has 2 heterocycles. The van der Waals surface area contributed by atoms with Crippen molar-refractivity contribution in [1.29, 1.82) is 0 Å². The van der Waals surface area contributed by atoms with Crippen LogP contribution in [-0.2, 0) is 6.54 Å². The fourth-order valence-corrected chi connectivity index (χ4v) is 3.14. The molecule has 0 aliphatic heterocycles. The average molecular weight is 401 g/mol. The Balaban J connectivity index is 1.59. The van der Waals surface area contributed by atoms with Crippen LogP contribution in [0.4, 0.5) is 20.6 Å². The lowest BCUT2D eigenvalue weighted by atomic mass is 10.0. The summed E-state index contributed by atoms with van der Waals surface area (Å²) in [4.78, 5) is 16.4. The fraction of sp³-hybridized carbons (Fsp3) is 0.0870. The highest BCUT2D eigenvalue weighted by atomic mass is 19.1. The minimum Gasteiger partial charge on any atom is -0.308 e. The summed E-state index contributed by atoms with van der Waals surface area (Å²) in [6.07, 6.45) is 5.46. The van der Waals surface area contributed by atoms with Crippen LogP contribution in [0.25, 0.3) is 22.4 Å². The minimum absolute atomic E-state index is 0.382. The maximum Gasteiger partial charge on any atom is 0.323 e. The lowest BCUT2D eigenvalue weighted by Crippen LogP contribution is -2.19. The second-order valence-corrected chi connectivity index (χ2v) is 6.65. The average Bonchev–Trinajstić information content (AvgIpc) is 3.19. The Kier molecular flexibility index (Phi) is 5.52. The van der Waals surface area contributed by atoms with Crippen molar-refractivity contribution in [2.45, 2.75) is 13.5 Å². The quantitative estimate of drug-likeness (QED) is 0.469. The number of aryl methyl sites for hydroxylation is 1. The van der Waals surface area contributed by atoms with Crippen molar-refractivity contribution in [2.75, 3.05) is 10.6 Å². The number of carbonyl (C=O) groups is 1. The fourth-order valence-electron chi connectivity index (χ4n) is 3.14. The van der Waals surface area contributed by atoms with Gasteiger partial charge in [0.05, 0.1) is 0 Å². The van der Waals surface area contributed by atoms with E-state index in [-0.39, 0.29) is 0 Å². The topological polar surface area (TPSA) is 71.8 Å². The zero-order chi connectivity index (χ0) is 20.9. The maximum atomic E-state index is 13.3. The van der Waals surface area contributed by atoms with Crippen LogP contribution in [-0.4, -0.2) is 20.8 Å². The van der Waals surface area contributed by atoms with Crippen molar-refractivity contribution in [3.05, 3.63) is 85.1 Å². The Morgan fingerprint density at radius 1 is 0.967 bits per heavy atom. The first kappa shape index (κ1) is 19.3. The molecule has 4 aromatic rings. The number of rotatable bonds is 5. The summed E-state index contributed by atoms with van der Waals surface area (Å²) in [6, 6.07) is 16.6. The molecule has 6 nitrogen and oxygen atoms in total. The lowest BCUT2D eigenvalue weighted by Gasteiger charge is -2.09. The summed E-state index contributed by atoms with van der Waals surface area (Å²) in [5.74, 6) is -0.411. The van der Waals surface area contributed by atoms with Gasteiger partial charge in [-0.1, -0.05) is 18.2 Å². The van der Waals surface area contributed by atoms with Crippen molar-refractivity contribution in [1.82, 2.24) is 14.8 Å². The first-order valence-corrected chi connectivity index (χ1v) is 9.54. The van der Waals surface area contributed by atoms with Crippen molar-refractivity contribution in [2.24, 2.45) is 0 Å². The van der Waals surface area contributed by atoms with Crippen LogP contribution in [0.15, 0.2) is 79.3 Å². The van der Waals surface area contributed by atoms with Gasteiger partial charge in [-0.2, -0.15) is 5.10 Å². The maximum absolute atomic E-state index is 13.3. The molecule has 0 aliphatic rings. The van der Waals surface area contributed by atoms with E-state index in [0.29, 0.717) is 11.4 Å². The molecule has 0 saturated heterocycles. The number of benzene rings is 2. The molecule has 2 N–H and O–H groups in total. The molecule has 0 fully saturated rings. The number of hydrogen-bond donors (Lipinski definition) is 2. The van der Waals surface area contributed by atoms with E-state index in [4.69, 9.17) is 0 Å². The van der Waals surface area contributed by atoms with Crippen LogP contribution < -0.4 is 10.6 Å². The molecule has 2 aromatic heterocycles. The molecule has 2 amide bonds. The number of hydrogen-bond acceptors (Lipinski definition) is 3. The van der Waals surface area contributed by atoms with Crippen molar-refractivity contribution in [3.63, 3.8) is 0 Å². The smallest absolute Gasteiger partial charge is 0.308 e. The number of halogens is 1. The van der Waals surface area contributed by atoms with Gasteiger partial charge in [0, 0.05) is 47.6 Å². The van der Waals surface area contributed by atoms with Gasteiger partial charge in [0.25, 0.3) is 0 Å². The molecule has 7 heteroatoms. The molecular weight excluding hydrogens is 381 g/mol. The number of pyridine rings is 1. The van der Waals surface area contributed by atoms with Gasteiger partial charge in [-0.05, 0) is 55.0 Å². The third kappa shape index (κ3) is 4.35. The second kappa shape index (κ2) is 8.57. The van der Waals surface area contributed by atoms with E-state index in [1.807, 2.05) is 48.1 Å². The van der Waals surface area contributed by atoms with Gasteiger partial charge < -0.3 is 10.6 Å². The number of amides is 2. The molecule has 0 atom stereocenters. The zero-order valence-corrected chi connectivity index (χ0v) is 16.3. The van der Waals surface area contributed by atoms with E-state index in [1.165, 1.54) is 18.2 Å². The summed E-state index contributed by atoms with van der Waals surface area (Å²) in [7, 11) is 0. The first-order chi connectivity index (χ1) is 14.6.